The highest BCUT2D eigenvalue weighted by Crippen LogP contribution is 2.36. The molecule has 0 spiro atoms. The molecule has 180 valence electrons. The van der Waals surface area contributed by atoms with E-state index in [2.05, 4.69) is 23.6 Å². The fourth-order valence-corrected chi connectivity index (χ4v) is 6.52. The number of rotatable bonds is 5. The van der Waals surface area contributed by atoms with Crippen LogP contribution in [0.1, 0.15) is 28.8 Å². The predicted octanol–water partition coefficient (Wildman–Crippen LogP) is 6.06. The topological polar surface area (TPSA) is 42.3 Å². The molecule has 0 aliphatic carbocycles. The van der Waals surface area contributed by atoms with E-state index < -0.39 is 15.8 Å². The molecule has 0 saturated heterocycles. The summed E-state index contributed by atoms with van der Waals surface area (Å²) in [6, 6.07) is 18.5. The van der Waals surface area contributed by atoms with Crippen molar-refractivity contribution in [1.82, 2.24) is 8.87 Å². The highest BCUT2D eigenvalue weighted by molar-refractivity contribution is 7.89. The van der Waals surface area contributed by atoms with Crippen LogP contribution in [0.15, 0.2) is 77.7 Å². The van der Waals surface area contributed by atoms with Crippen molar-refractivity contribution in [3.05, 3.63) is 107 Å². The van der Waals surface area contributed by atoms with Crippen molar-refractivity contribution < 1.29 is 17.2 Å². The van der Waals surface area contributed by atoms with Gasteiger partial charge in [-0.1, -0.05) is 42.5 Å². The Morgan fingerprint density at radius 2 is 1.63 bits per heavy atom. The predicted molar refractivity (Wildman–Crippen MR) is 135 cm³/mol. The first-order valence-electron chi connectivity index (χ1n) is 11.5. The highest BCUT2D eigenvalue weighted by atomic mass is 32.2. The molecule has 2 heterocycles. The summed E-state index contributed by atoms with van der Waals surface area (Å²) in [7, 11) is -3.80. The van der Waals surface area contributed by atoms with Crippen molar-refractivity contribution in [3.63, 3.8) is 0 Å². The summed E-state index contributed by atoms with van der Waals surface area (Å²) in [5.41, 5.74) is 5.90. The van der Waals surface area contributed by atoms with Gasteiger partial charge in [-0.15, -0.1) is 0 Å². The van der Waals surface area contributed by atoms with E-state index in [-0.39, 0.29) is 17.3 Å². The van der Waals surface area contributed by atoms with Crippen LogP contribution in [0.2, 0.25) is 0 Å². The number of aryl methyl sites for hydroxylation is 1. The summed E-state index contributed by atoms with van der Waals surface area (Å²) in [5, 5.41) is 1.11. The summed E-state index contributed by atoms with van der Waals surface area (Å²) in [6.07, 6.45) is 2.52. The summed E-state index contributed by atoms with van der Waals surface area (Å²) in [4.78, 5) is 0.0152. The Bertz CT molecular complexity index is 1550. The number of fused-ring (bicyclic) bond motifs is 1. The molecule has 0 N–H and O–H groups in total. The van der Waals surface area contributed by atoms with Crippen LogP contribution in [0.5, 0.6) is 0 Å². The molecule has 0 fully saturated rings. The molecule has 3 aromatic carbocycles. The zero-order valence-corrected chi connectivity index (χ0v) is 20.4. The van der Waals surface area contributed by atoms with Gasteiger partial charge in [0.1, 0.15) is 11.6 Å². The van der Waals surface area contributed by atoms with E-state index in [1.807, 2.05) is 18.2 Å². The molecule has 0 atom stereocenters. The Morgan fingerprint density at radius 1 is 0.914 bits per heavy atom. The van der Waals surface area contributed by atoms with Crippen LogP contribution in [-0.4, -0.2) is 30.4 Å². The minimum absolute atomic E-state index is 0.0152. The SMILES string of the molecule is Cc1ccc(F)cc1S(=O)(=O)N1CC=C(c2c(C)n(Cc3ccc(F)cc3)c3ccccc23)CC1. The maximum atomic E-state index is 13.8. The van der Waals surface area contributed by atoms with Crippen LogP contribution in [0.3, 0.4) is 0 Å². The van der Waals surface area contributed by atoms with E-state index in [0.717, 1.165) is 39.4 Å². The van der Waals surface area contributed by atoms with Crippen LogP contribution < -0.4 is 0 Å². The minimum atomic E-state index is -3.80. The van der Waals surface area contributed by atoms with Gasteiger partial charge < -0.3 is 4.57 Å². The van der Waals surface area contributed by atoms with E-state index >= 15 is 0 Å². The van der Waals surface area contributed by atoms with Crippen LogP contribution in [0.25, 0.3) is 16.5 Å². The summed E-state index contributed by atoms with van der Waals surface area (Å²) in [6.45, 7) is 4.90. The van der Waals surface area contributed by atoms with Gasteiger partial charge in [0.05, 0.1) is 4.90 Å². The van der Waals surface area contributed by atoms with Crippen molar-refractivity contribution in [2.75, 3.05) is 13.1 Å². The molecule has 1 aromatic heterocycles. The zero-order chi connectivity index (χ0) is 24.7. The van der Waals surface area contributed by atoms with Gasteiger partial charge in [0, 0.05) is 41.8 Å². The molecule has 4 aromatic rings. The smallest absolute Gasteiger partial charge is 0.243 e. The maximum Gasteiger partial charge on any atom is 0.243 e. The molecule has 0 amide bonds. The summed E-state index contributed by atoms with van der Waals surface area (Å²) in [5.74, 6) is -0.823. The van der Waals surface area contributed by atoms with Gasteiger partial charge in [0.25, 0.3) is 0 Å². The van der Waals surface area contributed by atoms with Crippen LogP contribution in [0, 0.1) is 25.5 Å². The third kappa shape index (κ3) is 4.30. The van der Waals surface area contributed by atoms with Crippen molar-refractivity contribution in [3.8, 4) is 0 Å². The molecule has 1 aliphatic heterocycles. The molecule has 0 bridgehead atoms. The van der Waals surface area contributed by atoms with E-state index in [9.17, 15) is 17.2 Å². The lowest BCUT2D eigenvalue weighted by atomic mass is 9.97. The monoisotopic (exact) mass is 492 g/mol. The second-order valence-corrected chi connectivity index (χ2v) is 10.8. The fraction of sp³-hybridized carbons (Fsp3) is 0.214. The molecular weight excluding hydrogens is 466 g/mol. The number of nitrogens with zero attached hydrogens (tertiary/aromatic N) is 2. The molecule has 5 rings (SSSR count). The van der Waals surface area contributed by atoms with Crippen molar-refractivity contribution in [2.24, 2.45) is 0 Å². The lowest BCUT2D eigenvalue weighted by Crippen LogP contribution is -2.35. The number of aromatic nitrogens is 1. The van der Waals surface area contributed by atoms with Crippen molar-refractivity contribution >= 4 is 26.5 Å². The average molecular weight is 493 g/mol. The van der Waals surface area contributed by atoms with E-state index in [0.29, 0.717) is 25.1 Å². The lowest BCUT2D eigenvalue weighted by Gasteiger charge is -2.27. The van der Waals surface area contributed by atoms with Crippen LogP contribution in [0.4, 0.5) is 8.78 Å². The van der Waals surface area contributed by atoms with Gasteiger partial charge in [-0.25, -0.2) is 17.2 Å². The first-order chi connectivity index (χ1) is 16.8. The second kappa shape index (κ2) is 9.06. The molecule has 4 nitrogen and oxygen atoms in total. The van der Waals surface area contributed by atoms with Gasteiger partial charge >= 0.3 is 0 Å². The zero-order valence-electron chi connectivity index (χ0n) is 19.6. The largest absolute Gasteiger partial charge is 0.340 e. The highest BCUT2D eigenvalue weighted by Gasteiger charge is 2.29. The first kappa shape index (κ1) is 23.5. The van der Waals surface area contributed by atoms with Crippen LogP contribution >= 0.6 is 0 Å². The fourth-order valence-electron chi connectivity index (χ4n) is 4.90. The average Bonchev–Trinajstić information content (AvgIpc) is 3.13. The van der Waals surface area contributed by atoms with Gasteiger partial charge in [-0.05, 0) is 67.3 Å². The van der Waals surface area contributed by atoms with E-state index in [1.165, 1.54) is 28.6 Å². The Labute approximate surface area is 204 Å². The van der Waals surface area contributed by atoms with E-state index in [4.69, 9.17) is 0 Å². The summed E-state index contributed by atoms with van der Waals surface area (Å²) >= 11 is 0. The quantitative estimate of drug-likeness (QED) is 0.340. The Morgan fingerprint density at radius 3 is 2.34 bits per heavy atom. The normalized spacial score (nSPS) is 14.9. The molecule has 0 unspecified atom stereocenters. The second-order valence-electron chi connectivity index (χ2n) is 8.94. The number of hydrogen-bond donors (Lipinski definition) is 0. The van der Waals surface area contributed by atoms with E-state index in [1.54, 1.807) is 19.1 Å². The minimum Gasteiger partial charge on any atom is -0.340 e. The number of hydrogen-bond acceptors (Lipinski definition) is 2. The number of benzene rings is 3. The van der Waals surface area contributed by atoms with Gasteiger partial charge in [-0.3, -0.25) is 0 Å². The standard InChI is InChI=1S/C28H26F2N2O2S/c1-19-7-10-24(30)17-27(19)35(33,34)31-15-13-22(14-16-31)28-20(2)32(26-6-4-3-5-25(26)28)18-21-8-11-23(29)12-9-21/h3-13,17H,14-16,18H2,1-2H3. The Hall–Kier alpha value is -3.29. The number of para-hydroxylation sites is 1. The molecule has 1 aliphatic rings. The maximum absolute atomic E-state index is 13.8. The summed E-state index contributed by atoms with van der Waals surface area (Å²) < 4.78 is 57.2. The lowest BCUT2D eigenvalue weighted by molar-refractivity contribution is 0.440. The first-order valence-corrected chi connectivity index (χ1v) is 13.0. The molecule has 0 radical (unpaired) electrons. The van der Waals surface area contributed by atoms with Gasteiger partial charge in [0.2, 0.25) is 10.0 Å². The molecule has 7 heteroatoms. The number of halogens is 2. The molecule has 0 saturated carbocycles. The van der Waals surface area contributed by atoms with Crippen molar-refractivity contribution in [2.45, 2.75) is 31.7 Å². The van der Waals surface area contributed by atoms with Crippen LogP contribution in [-0.2, 0) is 16.6 Å². The molecule has 35 heavy (non-hydrogen) atoms. The Balaban J connectivity index is 1.49. The Kier molecular flexibility index (Phi) is 6.07. The third-order valence-electron chi connectivity index (χ3n) is 6.75. The number of sulfonamides is 1. The van der Waals surface area contributed by atoms with Gasteiger partial charge in [-0.2, -0.15) is 4.31 Å². The van der Waals surface area contributed by atoms with Gasteiger partial charge in [0.15, 0.2) is 0 Å². The van der Waals surface area contributed by atoms with Crippen molar-refractivity contribution in [1.29, 1.82) is 0 Å². The third-order valence-corrected chi connectivity index (χ3v) is 8.75. The molecular formula is C28H26F2N2O2S.